The van der Waals surface area contributed by atoms with Gasteiger partial charge in [-0.3, -0.25) is 9.59 Å². The van der Waals surface area contributed by atoms with Crippen molar-refractivity contribution in [2.24, 2.45) is 5.92 Å². The predicted molar refractivity (Wildman–Crippen MR) is 90.4 cm³/mol. The number of carbonyl (C=O) groups is 2. The van der Waals surface area contributed by atoms with Crippen LogP contribution in [0.25, 0.3) is 10.6 Å². The van der Waals surface area contributed by atoms with Crippen molar-refractivity contribution in [2.45, 2.75) is 20.3 Å². The largest absolute Gasteiger partial charge is 0.481 e. The van der Waals surface area contributed by atoms with Gasteiger partial charge in [-0.05, 0) is 13.0 Å². The summed E-state index contributed by atoms with van der Waals surface area (Å²) in [5.41, 5.74) is 2.92. The molecule has 122 valence electrons. The number of aromatic nitrogens is 1. The Kier molecular flexibility index (Phi) is 5.50. The van der Waals surface area contributed by atoms with Gasteiger partial charge < -0.3 is 10.0 Å². The molecule has 0 spiro atoms. The number of benzene rings is 1. The molecule has 6 heteroatoms. The van der Waals surface area contributed by atoms with Crippen LogP contribution < -0.4 is 0 Å². The molecular weight excluding hydrogens is 312 g/mol. The molecule has 1 N–H and O–H groups in total. The summed E-state index contributed by atoms with van der Waals surface area (Å²) >= 11 is 1.51. The summed E-state index contributed by atoms with van der Waals surface area (Å²) in [7, 11) is 1.62. The summed E-state index contributed by atoms with van der Waals surface area (Å²) in [5.74, 6) is -1.61. The lowest BCUT2D eigenvalue weighted by molar-refractivity contribution is -0.142. The smallest absolute Gasteiger partial charge is 0.308 e. The van der Waals surface area contributed by atoms with Crippen LogP contribution in [0.15, 0.2) is 29.6 Å². The molecule has 0 bridgehead atoms. The third-order valence-corrected chi connectivity index (χ3v) is 4.48. The van der Waals surface area contributed by atoms with Gasteiger partial charge in [0.1, 0.15) is 5.01 Å². The van der Waals surface area contributed by atoms with E-state index < -0.39 is 11.9 Å². The molecule has 0 fully saturated rings. The molecule has 0 saturated carbocycles. The average molecular weight is 332 g/mol. The van der Waals surface area contributed by atoms with Crippen molar-refractivity contribution in [3.05, 3.63) is 40.9 Å². The Hall–Kier alpha value is -2.21. The van der Waals surface area contributed by atoms with Crippen molar-refractivity contribution in [3.63, 3.8) is 0 Å². The number of carboxylic acids is 1. The van der Waals surface area contributed by atoms with Gasteiger partial charge in [0.2, 0.25) is 5.91 Å². The first-order chi connectivity index (χ1) is 10.9. The van der Waals surface area contributed by atoms with Crippen molar-refractivity contribution in [3.8, 4) is 10.6 Å². The number of rotatable bonds is 6. The summed E-state index contributed by atoms with van der Waals surface area (Å²) < 4.78 is 0. The van der Waals surface area contributed by atoms with Crippen LogP contribution >= 0.6 is 11.3 Å². The molecular formula is C17H20N2O3S. The molecule has 1 unspecified atom stereocenters. The highest BCUT2D eigenvalue weighted by Crippen LogP contribution is 2.24. The molecule has 1 aromatic carbocycles. The molecule has 0 aliphatic carbocycles. The van der Waals surface area contributed by atoms with Gasteiger partial charge >= 0.3 is 5.97 Å². The van der Waals surface area contributed by atoms with Crippen molar-refractivity contribution in [1.82, 2.24) is 9.88 Å². The van der Waals surface area contributed by atoms with Crippen LogP contribution in [-0.4, -0.2) is 40.5 Å². The number of carbonyl (C=O) groups excluding carboxylic acids is 1. The number of hydrogen-bond acceptors (Lipinski definition) is 4. The van der Waals surface area contributed by atoms with E-state index in [2.05, 4.69) is 11.1 Å². The zero-order chi connectivity index (χ0) is 17.0. The van der Waals surface area contributed by atoms with Crippen LogP contribution in [0.4, 0.5) is 0 Å². The first kappa shape index (κ1) is 17.1. The quantitative estimate of drug-likeness (QED) is 0.883. The number of thiazole rings is 1. The van der Waals surface area contributed by atoms with E-state index in [0.29, 0.717) is 5.69 Å². The highest BCUT2D eigenvalue weighted by molar-refractivity contribution is 7.13. The minimum atomic E-state index is -0.903. The second-order valence-corrected chi connectivity index (χ2v) is 6.56. The maximum absolute atomic E-state index is 12.2. The molecule has 5 nitrogen and oxygen atoms in total. The third kappa shape index (κ3) is 4.63. The Balaban J connectivity index is 2.01. The topological polar surface area (TPSA) is 70.5 Å². The molecule has 0 saturated heterocycles. The van der Waals surface area contributed by atoms with Crippen LogP contribution in [0.3, 0.4) is 0 Å². The number of carboxylic acid groups (broad SMARTS) is 1. The van der Waals surface area contributed by atoms with Gasteiger partial charge in [-0.2, -0.15) is 0 Å². The number of likely N-dealkylation sites (N-methyl/N-ethyl adjacent to an activating group) is 1. The molecule has 0 aliphatic rings. The molecule has 1 heterocycles. The van der Waals surface area contributed by atoms with Gasteiger partial charge in [0.05, 0.1) is 18.0 Å². The minimum Gasteiger partial charge on any atom is -0.481 e. The summed E-state index contributed by atoms with van der Waals surface area (Å²) in [6.45, 7) is 3.81. The molecule has 0 radical (unpaired) electrons. The fourth-order valence-electron chi connectivity index (χ4n) is 2.18. The first-order valence-corrected chi connectivity index (χ1v) is 8.23. The van der Waals surface area contributed by atoms with Crippen LogP contribution in [0, 0.1) is 12.8 Å². The molecule has 2 aromatic rings. The van der Waals surface area contributed by atoms with E-state index in [1.54, 1.807) is 14.0 Å². The lowest BCUT2D eigenvalue weighted by atomic mass is 10.1. The number of amides is 1. The predicted octanol–water partition coefficient (Wildman–Crippen LogP) is 2.84. The third-order valence-electron chi connectivity index (χ3n) is 3.54. The van der Waals surface area contributed by atoms with Gasteiger partial charge in [-0.1, -0.05) is 30.7 Å². The van der Waals surface area contributed by atoms with Gasteiger partial charge in [-0.15, -0.1) is 11.3 Å². The van der Waals surface area contributed by atoms with Crippen molar-refractivity contribution >= 4 is 23.2 Å². The summed E-state index contributed by atoms with van der Waals surface area (Å²) in [5, 5.41) is 11.7. The van der Waals surface area contributed by atoms with E-state index in [0.717, 1.165) is 16.1 Å². The Morgan fingerprint density at radius 3 is 2.78 bits per heavy atom. The van der Waals surface area contributed by atoms with E-state index in [4.69, 9.17) is 5.11 Å². The summed E-state index contributed by atoms with van der Waals surface area (Å²) in [6, 6.07) is 8.07. The van der Waals surface area contributed by atoms with E-state index in [9.17, 15) is 9.59 Å². The number of aliphatic carboxylic acids is 1. The Bertz CT molecular complexity index is 711. The SMILES string of the molecule is Cc1cccc(-c2nc(CC(=O)N(C)CC(C)C(=O)O)cs2)c1. The van der Waals surface area contributed by atoms with Crippen LogP contribution in [0.2, 0.25) is 0 Å². The summed E-state index contributed by atoms with van der Waals surface area (Å²) in [4.78, 5) is 29.0. The normalized spacial score (nSPS) is 12.0. The monoisotopic (exact) mass is 332 g/mol. The zero-order valence-electron chi connectivity index (χ0n) is 13.4. The van der Waals surface area contributed by atoms with E-state index >= 15 is 0 Å². The van der Waals surface area contributed by atoms with Gasteiger partial charge in [0.25, 0.3) is 0 Å². The first-order valence-electron chi connectivity index (χ1n) is 7.35. The van der Waals surface area contributed by atoms with Crippen LogP contribution in [0.5, 0.6) is 0 Å². The molecule has 1 amide bonds. The molecule has 1 atom stereocenters. The van der Waals surface area contributed by atoms with Crippen LogP contribution in [0.1, 0.15) is 18.2 Å². The molecule has 0 aliphatic heterocycles. The van der Waals surface area contributed by atoms with Gasteiger partial charge in [0, 0.05) is 24.5 Å². The second kappa shape index (κ2) is 7.37. The maximum Gasteiger partial charge on any atom is 0.308 e. The Morgan fingerprint density at radius 2 is 2.13 bits per heavy atom. The molecule has 1 aromatic heterocycles. The lowest BCUT2D eigenvalue weighted by Gasteiger charge is -2.18. The van der Waals surface area contributed by atoms with E-state index in [-0.39, 0.29) is 18.9 Å². The maximum atomic E-state index is 12.2. The second-order valence-electron chi connectivity index (χ2n) is 5.70. The number of hydrogen-bond donors (Lipinski definition) is 1. The van der Waals surface area contributed by atoms with Gasteiger partial charge in [-0.25, -0.2) is 4.98 Å². The van der Waals surface area contributed by atoms with Crippen molar-refractivity contribution in [2.75, 3.05) is 13.6 Å². The van der Waals surface area contributed by atoms with Crippen molar-refractivity contribution in [1.29, 1.82) is 0 Å². The minimum absolute atomic E-state index is 0.126. The average Bonchev–Trinajstić information content (AvgIpc) is 2.95. The Labute approximate surface area is 139 Å². The van der Waals surface area contributed by atoms with Crippen molar-refractivity contribution < 1.29 is 14.7 Å². The zero-order valence-corrected chi connectivity index (χ0v) is 14.3. The Morgan fingerprint density at radius 1 is 1.39 bits per heavy atom. The highest BCUT2D eigenvalue weighted by atomic mass is 32.1. The highest BCUT2D eigenvalue weighted by Gasteiger charge is 2.18. The standard InChI is InChI=1S/C17H20N2O3S/c1-11-5-4-6-13(7-11)16-18-14(10-23-16)8-15(20)19(3)9-12(2)17(21)22/h4-7,10,12H,8-9H2,1-3H3,(H,21,22). The lowest BCUT2D eigenvalue weighted by Crippen LogP contribution is -2.34. The number of aryl methyl sites for hydroxylation is 1. The van der Waals surface area contributed by atoms with E-state index in [1.807, 2.05) is 30.5 Å². The van der Waals surface area contributed by atoms with Crippen LogP contribution in [-0.2, 0) is 16.0 Å². The van der Waals surface area contributed by atoms with E-state index in [1.165, 1.54) is 16.2 Å². The molecule has 23 heavy (non-hydrogen) atoms. The fraction of sp³-hybridized carbons (Fsp3) is 0.353. The summed E-state index contributed by atoms with van der Waals surface area (Å²) in [6.07, 6.45) is 0.186. The molecule has 2 rings (SSSR count). The number of nitrogens with zero attached hydrogens (tertiary/aromatic N) is 2. The fourth-order valence-corrected chi connectivity index (χ4v) is 3.00. The van der Waals surface area contributed by atoms with Gasteiger partial charge in [0.15, 0.2) is 0 Å².